The lowest BCUT2D eigenvalue weighted by Gasteiger charge is -2.32. The van der Waals surface area contributed by atoms with Gasteiger partial charge in [0.2, 0.25) is 11.8 Å². The van der Waals surface area contributed by atoms with Gasteiger partial charge in [0, 0.05) is 35.3 Å². The van der Waals surface area contributed by atoms with E-state index in [2.05, 4.69) is 19.2 Å². The summed E-state index contributed by atoms with van der Waals surface area (Å²) in [5.41, 5.74) is 2.91. The smallest absolute Gasteiger partial charge is 0.243 e. The summed E-state index contributed by atoms with van der Waals surface area (Å²) >= 11 is 13.8. The first-order chi connectivity index (χ1) is 17.3. The number of amides is 2. The molecule has 3 rings (SSSR count). The number of rotatable bonds is 12. The van der Waals surface area contributed by atoms with Gasteiger partial charge in [0.05, 0.1) is 5.75 Å². The normalized spacial score (nSPS) is 11.8. The van der Waals surface area contributed by atoms with Crippen LogP contribution in [0.2, 0.25) is 10.0 Å². The highest BCUT2D eigenvalue weighted by atomic mass is 35.5. The Morgan fingerprint density at radius 2 is 1.56 bits per heavy atom. The predicted molar refractivity (Wildman–Crippen MR) is 151 cm³/mol. The van der Waals surface area contributed by atoms with Crippen molar-refractivity contribution in [3.63, 3.8) is 0 Å². The quantitative estimate of drug-likeness (QED) is 0.279. The van der Waals surface area contributed by atoms with Crippen LogP contribution in [0.15, 0.2) is 78.9 Å². The first-order valence-electron chi connectivity index (χ1n) is 12.0. The Labute approximate surface area is 228 Å². The summed E-state index contributed by atoms with van der Waals surface area (Å²) < 4.78 is 0. The Morgan fingerprint density at radius 1 is 0.917 bits per heavy atom. The summed E-state index contributed by atoms with van der Waals surface area (Å²) in [5.74, 6) is 0.889. The molecule has 0 bridgehead atoms. The first-order valence-corrected chi connectivity index (χ1v) is 13.9. The van der Waals surface area contributed by atoms with Gasteiger partial charge in [0.25, 0.3) is 0 Å². The minimum atomic E-state index is -0.626. The molecule has 0 fully saturated rings. The molecule has 0 saturated heterocycles. The Bertz CT molecular complexity index is 1130. The molecule has 0 saturated carbocycles. The molecule has 3 aromatic carbocycles. The highest BCUT2D eigenvalue weighted by molar-refractivity contribution is 7.99. The number of hydrogen-bond donors (Lipinski definition) is 1. The van der Waals surface area contributed by atoms with Gasteiger partial charge in [0.15, 0.2) is 0 Å². The molecule has 0 aliphatic carbocycles. The zero-order chi connectivity index (χ0) is 25.9. The summed E-state index contributed by atoms with van der Waals surface area (Å²) in [6.07, 6.45) is 0.441. The van der Waals surface area contributed by atoms with Crippen LogP contribution in [0.5, 0.6) is 0 Å². The van der Waals surface area contributed by atoms with Crippen molar-refractivity contribution < 1.29 is 9.59 Å². The van der Waals surface area contributed by atoms with Crippen molar-refractivity contribution in [2.75, 3.05) is 12.3 Å². The van der Waals surface area contributed by atoms with E-state index in [4.69, 9.17) is 23.2 Å². The molecule has 1 atom stereocenters. The molecular weight excluding hydrogens is 511 g/mol. The van der Waals surface area contributed by atoms with Crippen molar-refractivity contribution in [2.24, 2.45) is 5.92 Å². The fourth-order valence-corrected chi connectivity index (χ4v) is 5.20. The van der Waals surface area contributed by atoms with Gasteiger partial charge in [0.1, 0.15) is 6.04 Å². The second kappa shape index (κ2) is 14.3. The molecule has 0 heterocycles. The second-order valence-corrected chi connectivity index (χ2v) is 10.9. The van der Waals surface area contributed by atoms with Crippen molar-refractivity contribution in [1.29, 1.82) is 0 Å². The number of carbonyl (C=O) groups excluding carboxylic acids is 2. The zero-order valence-electron chi connectivity index (χ0n) is 20.6. The molecule has 36 heavy (non-hydrogen) atoms. The number of benzene rings is 3. The van der Waals surface area contributed by atoms with Crippen LogP contribution in [-0.2, 0) is 28.3 Å². The largest absolute Gasteiger partial charge is 0.354 e. The van der Waals surface area contributed by atoms with Gasteiger partial charge in [-0.1, -0.05) is 104 Å². The van der Waals surface area contributed by atoms with E-state index in [1.165, 1.54) is 11.8 Å². The summed E-state index contributed by atoms with van der Waals surface area (Å²) in [4.78, 5) is 28.8. The third kappa shape index (κ3) is 8.88. The van der Waals surface area contributed by atoms with E-state index < -0.39 is 6.04 Å². The van der Waals surface area contributed by atoms with Crippen molar-refractivity contribution in [2.45, 2.75) is 38.6 Å². The average molecular weight is 544 g/mol. The van der Waals surface area contributed by atoms with Crippen molar-refractivity contribution in [1.82, 2.24) is 10.2 Å². The Balaban J connectivity index is 1.82. The second-order valence-electron chi connectivity index (χ2n) is 9.08. The third-order valence-corrected chi connectivity index (χ3v) is 7.20. The summed E-state index contributed by atoms with van der Waals surface area (Å²) in [7, 11) is 0. The summed E-state index contributed by atoms with van der Waals surface area (Å²) in [5, 5.41) is 4.21. The van der Waals surface area contributed by atoms with Crippen LogP contribution < -0.4 is 5.32 Å². The molecule has 2 amide bonds. The summed E-state index contributed by atoms with van der Waals surface area (Å²) in [6, 6.07) is 24.4. The molecule has 4 nitrogen and oxygen atoms in total. The minimum Gasteiger partial charge on any atom is -0.354 e. The van der Waals surface area contributed by atoms with Gasteiger partial charge in [-0.3, -0.25) is 9.59 Å². The molecule has 0 unspecified atom stereocenters. The van der Waals surface area contributed by atoms with Gasteiger partial charge < -0.3 is 10.2 Å². The molecule has 3 aromatic rings. The van der Waals surface area contributed by atoms with Crippen molar-refractivity contribution in [3.05, 3.63) is 106 Å². The zero-order valence-corrected chi connectivity index (χ0v) is 23.0. The number of nitrogens with one attached hydrogen (secondary N) is 1. The maximum absolute atomic E-state index is 13.6. The van der Waals surface area contributed by atoms with Crippen LogP contribution in [0.4, 0.5) is 0 Å². The summed E-state index contributed by atoms with van der Waals surface area (Å²) in [6.45, 7) is 5.02. The molecule has 0 aliphatic rings. The molecule has 0 aromatic heterocycles. The van der Waals surface area contributed by atoms with Gasteiger partial charge in [-0.15, -0.1) is 11.8 Å². The number of carbonyl (C=O) groups is 2. The number of nitrogens with zero attached hydrogens (tertiary/aromatic N) is 1. The van der Waals surface area contributed by atoms with E-state index in [-0.39, 0.29) is 17.6 Å². The van der Waals surface area contributed by atoms with Gasteiger partial charge in [-0.25, -0.2) is 0 Å². The Hall–Kier alpha value is -2.47. The number of thioether (sulfide) groups is 1. The fraction of sp³-hybridized carbons (Fsp3) is 0.310. The van der Waals surface area contributed by atoms with E-state index in [9.17, 15) is 9.59 Å². The first kappa shape index (κ1) is 28.1. The molecular formula is C29H32Cl2N2O2S. The number of halogens is 2. The monoisotopic (exact) mass is 542 g/mol. The molecule has 190 valence electrons. The topological polar surface area (TPSA) is 49.4 Å². The van der Waals surface area contributed by atoms with Crippen LogP contribution in [0.1, 0.15) is 30.5 Å². The lowest BCUT2D eigenvalue weighted by atomic mass is 10.0. The van der Waals surface area contributed by atoms with E-state index >= 15 is 0 Å². The molecule has 0 aliphatic heterocycles. The fourth-order valence-electron chi connectivity index (χ4n) is 3.73. The average Bonchev–Trinajstić information content (AvgIpc) is 2.87. The van der Waals surface area contributed by atoms with Crippen LogP contribution in [0.3, 0.4) is 0 Å². The minimum absolute atomic E-state index is 0.0884. The van der Waals surface area contributed by atoms with Gasteiger partial charge >= 0.3 is 0 Å². The number of hydrogen-bond acceptors (Lipinski definition) is 3. The van der Waals surface area contributed by atoms with Crippen LogP contribution >= 0.6 is 35.0 Å². The third-order valence-electron chi connectivity index (χ3n) is 5.65. The van der Waals surface area contributed by atoms with Gasteiger partial charge in [-0.05, 0) is 34.7 Å². The van der Waals surface area contributed by atoms with Crippen LogP contribution in [0.25, 0.3) is 0 Å². The molecule has 1 N–H and O–H groups in total. The SMILES string of the molecule is CC(C)CNC(=O)[C@H](Cc1ccccc1)N(Cc1ccccc1)C(=O)CSCc1ccc(Cl)cc1Cl. The molecule has 0 spiro atoms. The molecule has 0 radical (unpaired) electrons. The highest BCUT2D eigenvalue weighted by Crippen LogP contribution is 2.25. The van der Waals surface area contributed by atoms with E-state index in [1.807, 2.05) is 66.7 Å². The van der Waals surface area contributed by atoms with E-state index in [1.54, 1.807) is 17.0 Å². The molecule has 7 heteroatoms. The maximum atomic E-state index is 13.6. The van der Waals surface area contributed by atoms with Crippen LogP contribution in [0, 0.1) is 5.92 Å². The predicted octanol–water partition coefficient (Wildman–Crippen LogP) is 6.64. The lowest BCUT2D eigenvalue weighted by Crippen LogP contribution is -2.51. The maximum Gasteiger partial charge on any atom is 0.243 e. The van der Waals surface area contributed by atoms with E-state index in [0.29, 0.717) is 41.2 Å². The standard InChI is InChI=1S/C29H32Cl2N2O2S/c1-21(2)17-32-29(35)27(15-22-9-5-3-6-10-22)33(18-23-11-7-4-8-12-23)28(34)20-36-19-24-13-14-25(30)16-26(24)31/h3-14,16,21,27H,15,17-20H2,1-2H3,(H,32,35)/t27-/m0/s1. The van der Waals surface area contributed by atoms with Gasteiger partial charge in [-0.2, -0.15) is 0 Å². The highest BCUT2D eigenvalue weighted by Gasteiger charge is 2.30. The van der Waals surface area contributed by atoms with E-state index in [0.717, 1.165) is 16.7 Å². The van der Waals surface area contributed by atoms with Crippen molar-refractivity contribution in [3.8, 4) is 0 Å². The lowest BCUT2D eigenvalue weighted by molar-refractivity contribution is -0.139. The van der Waals surface area contributed by atoms with Crippen molar-refractivity contribution >= 4 is 46.8 Å². The Kier molecular flexibility index (Phi) is 11.2. The van der Waals surface area contributed by atoms with Crippen LogP contribution in [-0.4, -0.2) is 35.1 Å². The Morgan fingerprint density at radius 3 is 2.17 bits per heavy atom.